The highest BCUT2D eigenvalue weighted by Crippen LogP contribution is 2.43. The Hall–Kier alpha value is -2.76. The van der Waals surface area contributed by atoms with Crippen molar-refractivity contribution in [3.05, 3.63) is 47.6 Å². The van der Waals surface area contributed by atoms with Crippen LogP contribution in [0.3, 0.4) is 0 Å². The number of allylic oxidation sites excluding steroid dienone is 4. The monoisotopic (exact) mass is 343 g/mol. The van der Waals surface area contributed by atoms with Gasteiger partial charge >= 0.3 is 5.97 Å². The maximum absolute atomic E-state index is 12.5. The maximum Gasteiger partial charge on any atom is 0.342 e. The number of cyclic esters (lactones) is 1. The predicted octanol–water partition coefficient (Wildman–Crippen LogP) is 3.17. The van der Waals surface area contributed by atoms with E-state index in [4.69, 9.17) is 4.74 Å². The number of fused-ring (bicyclic) bond motifs is 2. The molecule has 2 aliphatic rings. The fourth-order valence-corrected chi connectivity index (χ4v) is 3.23. The lowest BCUT2D eigenvalue weighted by Gasteiger charge is -2.16. The summed E-state index contributed by atoms with van der Waals surface area (Å²) in [5.74, 6) is -0.230. The van der Waals surface area contributed by atoms with Crippen LogP contribution in [0.4, 0.5) is 0 Å². The van der Waals surface area contributed by atoms with Crippen LogP contribution in [0, 0.1) is 11.8 Å². The second kappa shape index (κ2) is 7.01. The van der Waals surface area contributed by atoms with Gasteiger partial charge in [0.05, 0.1) is 11.8 Å². The van der Waals surface area contributed by atoms with Crippen molar-refractivity contribution in [2.45, 2.75) is 32.3 Å². The number of phenolic OH excluding ortho intramolecular Hbond substituents is 2. The third-order valence-corrected chi connectivity index (χ3v) is 4.57. The number of hydrogen-bond acceptors (Lipinski definition) is 6. The molecule has 132 valence electrons. The van der Waals surface area contributed by atoms with E-state index in [1.165, 1.54) is 6.07 Å². The minimum absolute atomic E-state index is 0.0147. The van der Waals surface area contributed by atoms with Gasteiger partial charge in [0, 0.05) is 12.5 Å². The van der Waals surface area contributed by atoms with Gasteiger partial charge in [-0.25, -0.2) is 4.79 Å². The molecule has 3 rings (SSSR count). The summed E-state index contributed by atoms with van der Waals surface area (Å²) < 4.78 is 5.48. The molecule has 1 aromatic carbocycles. The molecule has 0 unspecified atom stereocenters. The Labute approximate surface area is 145 Å². The number of oxime groups is 1. The summed E-state index contributed by atoms with van der Waals surface area (Å²) in [4.78, 5) is 12.5. The van der Waals surface area contributed by atoms with Crippen molar-refractivity contribution in [1.29, 1.82) is 0 Å². The van der Waals surface area contributed by atoms with Crippen LogP contribution in [0.2, 0.25) is 0 Å². The van der Waals surface area contributed by atoms with Crippen LogP contribution in [0.25, 0.3) is 0 Å². The van der Waals surface area contributed by atoms with E-state index < -0.39 is 5.97 Å². The first-order valence-corrected chi connectivity index (χ1v) is 8.29. The van der Waals surface area contributed by atoms with Crippen LogP contribution in [0.15, 0.2) is 41.6 Å². The molecular weight excluding hydrogens is 322 g/mol. The number of carbonyl (C=O) groups is 1. The van der Waals surface area contributed by atoms with Crippen molar-refractivity contribution in [3.63, 3.8) is 0 Å². The molecule has 1 aliphatic heterocycles. The lowest BCUT2D eigenvalue weighted by Crippen LogP contribution is -2.18. The van der Waals surface area contributed by atoms with Crippen LogP contribution < -0.4 is 0 Å². The molecule has 1 fully saturated rings. The first-order valence-electron chi connectivity index (χ1n) is 8.29. The van der Waals surface area contributed by atoms with Crippen molar-refractivity contribution in [2.24, 2.45) is 17.0 Å². The molecule has 1 heterocycles. The zero-order valence-electron chi connectivity index (χ0n) is 13.9. The van der Waals surface area contributed by atoms with Gasteiger partial charge in [0.25, 0.3) is 0 Å². The largest absolute Gasteiger partial charge is 0.508 e. The highest BCUT2D eigenvalue weighted by atomic mass is 16.5. The number of ether oxygens (including phenoxy) is 1. The summed E-state index contributed by atoms with van der Waals surface area (Å²) in [5.41, 5.74) is 0.609. The van der Waals surface area contributed by atoms with E-state index in [-0.39, 0.29) is 29.6 Å². The Morgan fingerprint density at radius 1 is 1.20 bits per heavy atom. The molecule has 3 N–H and O–H groups in total. The van der Waals surface area contributed by atoms with Crippen molar-refractivity contribution in [1.82, 2.24) is 0 Å². The second-order valence-electron chi connectivity index (χ2n) is 6.62. The zero-order valence-corrected chi connectivity index (χ0v) is 13.9. The van der Waals surface area contributed by atoms with Gasteiger partial charge in [-0.2, -0.15) is 0 Å². The summed E-state index contributed by atoms with van der Waals surface area (Å²) >= 11 is 0. The van der Waals surface area contributed by atoms with Crippen LogP contribution in [-0.2, 0) is 11.2 Å². The van der Waals surface area contributed by atoms with Crippen LogP contribution in [-0.4, -0.2) is 33.2 Å². The molecule has 3 atom stereocenters. The number of hydrogen-bond donors (Lipinski definition) is 3. The average Bonchev–Trinajstić information content (AvgIpc) is 3.26. The highest BCUT2D eigenvalue weighted by Gasteiger charge is 2.36. The number of benzene rings is 1. The standard InChI is InChI=1S/C19H21NO5/c1-11-6-13-7-12(13)4-2-3-5-15(20-24)8-14-9-16(21)10-17(22)18(14)19(23)25-11/h2-5,9-13,21-22,24H,6-8H2,1H3/b4-2+,5-3-,20-15+/t11-,12+,13+/m1/s1. The first kappa shape index (κ1) is 17.1. The lowest BCUT2D eigenvalue weighted by molar-refractivity contribution is 0.0307. The summed E-state index contributed by atoms with van der Waals surface area (Å²) in [6.45, 7) is 1.83. The fourth-order valence-electron chi connectivity index (χ4n) is 3.23. The zero-order chi connectivity index (χ0) is 18.0. The smallest absolute Gasteiger partial charge is 0.342 e. The van der Waals surface area contributed by atoms with E-state index in [0.717, 1.165) is 18.9 Å². The van der Waals surface area contributed by atoms with Crippen molar-refractivity contribution in [2.75, 3.05) is 0 Å². The highest BCUT2D eigenvalue weighted by molar-refractivity contribution is 6.00. The van der Waals surface area contributed by atoms with E-state index in [1.54, 1.807) is 12.2 Å². The van der Waals surface area contributed by atoms with E-state index in [2.05, 4.69) is 11.2 Å². The average molecular weight is 343 g/mol. The van der Waals surface area contributed by atoms with Crippen LogP contribution >= 0.6 is 0 Å². The van der Waals surface area contributed by atoms with Gasteiger partial charge in [0.15, 0.2) is 0 Å². The van der Waals surface area contributed by atoms with E-state index in [9.17, 15) is 20.2 Å². The Morgan fingerprint density at radius 2 is 2.00 bits per heavy atom. The molecule has 0 amide bonds. The van der Waals surface area contributed by atoms with Gasteiger partial charge in [0.1, 0.15) is 17.1 Å². The van der Waals surface area contributed by atoms with E-state index in [0.29, 0.717) is 23.1 Å². The molecule has 6 nitrogen and oxygen atoms in total. The molecule has 0 radical (unpaired) electrons. The fraction of sp³-hybridized carbons (Fsp3) is 0.368. The normalized spacial score (nSPS) is 30.5. The molecule has 1 saturated carbocycles. The van der Waals surface area contributed by atoms with Crippen LogP contribution in [0.1, 0.15) is 35.7 Å². The number of carbonyl (C=O) groups excluding carboxylic acids is 1. The van der Waals surface area contributed by atoms with Gasteiger partial charge in [-0.3, -0.25) is 0 Å². The first-order chi connectivity index (χ1) is 12.0. The number of aromatic hydroxyl groups is 2. The van der Waals surface area contributed by atoms with Gasteiger partial charge in [0.2, 0.25) is 0 Å². The third-order valence-electron chi connectivity index (χ3n) is 4.57. The topological polar surface area (TPSA) is 99.4 Å². The molecule has 1 aromatic rings. The van der Waals surface area contributed by atoms with Gasteiger partial charge in [-0.15, -0.1) is 0 Å². The van der Waals surface area contributed by atoms with Crippen LogP contribution in [0.5, 0.6) is 11.5 Å². The SMILES string of the molecule is C[C@@H]1C[C@H]2C[C@@H]2/C=C/C=C\C(=N/O)Cc2cc(O)cc(O)c2C(=O)O1. The lowest BCUT2D eigenvalue weighted by atomic mass is 9.99. The van der Waals surface area contributed by atoms with Gasteiger partial charge in [-0.05, 0) is 49.3 Å². The number of esters is 1. The number of nitrogens with zero attached hydrogens (tertiary/aromatic N) is 1. The summed E-state index contributed by atoms with van der Waals surface area (Å²) in [7, 11) is 0. The third kappa shape index (κ3) is 4.02. The quantitative estimate of drug-likeness (QED) is 0.382. The molecule has 0 bridgehead atoms. The van der Waals surface area contributed by atoms with Gasteiger partial charge in [-0.1, -0.05) is 23.4 Å². The van der Waals surface area contributed by atoms with Crippen molar-refractivity contribution < 1.29 is 25.0 Å². The predicted molar refractivity (Wildman–Crippen MR) is 92.1 cm³/mol. The minimum Gasteiger partial charge on any atom is -0.508 e. The molecule has 0 spiro atoms. The Bertz CT molecular complexity index is 765. The number of rotatable bonds is 0. The molecule has 0 aromatic heterocycles. The second-order valence-corrected chi connectivity index (χ2v) is 6.62. The molecule has 1 aliphatic carbocycles. The van der Waals surface area contributed by atoms with E-state index >= 15 is 0 Å². The maximum atomic E-state index is 12.5. The molecule has 25 heavy (non-hydrogen) atoms. The summed E-state index contributed by atoms with van der Waals surface area (Å²) in [5, 5.41) is 32.3. The molecule has 0 saturated heterocycles. The molecular formula is C19H21NO5. The Kier molecular flexibility index (Phi) is 4.79. The van der Waals surface area contributed by atoms with E-state index in [1.807, 2.05) is 13.0 Å². The Morgan fingerprint density at radius 3 is 2.76 bits per heavy atom. The summed E-state index contributed by atoms with van der Waals surface area (Å²) in [6, 6.07) is 2.46. The summed E-state index contributed by atoms with van der Waals surface area (Å²) in [6.07, 6.45) is 9.03. The minimum atomic E-state index is -0.647. The Balaban J connectivity index is 1.99. The molecule has 6 heteroatoms. The number of phenols is 2. The van der Waals surface area contributed by atoms with Crippen molar-refractivity contribution >= 4 is 11.7 Å². The van der Waals surface area contributed by atoms with Crippen molar-refractivity contribution in [3.8, 4) is 11.5 Å². The van der Waals surface area contributed by atoms with Gasteiger partial charge < -0.3 is 20.2 Å².